The monoisotopic (exact) mass is 322 g/mol. The lowest BCUT2D eigenvalue weighted by molar-refractivity contribution is 0.491. The van der Waals surface area contributed by atoms with Gasteiger partial charge in [-0.3, -0.25) is 0 Å². The first-order valence-corrected chi connectivity index (χ1v) is 7.62. The quantitative estimate of drug-likeness (QED) is 0.753. The minimum Gasteiger partial charge on any atom is -0.206 e. The van der Waals surface area contributed by atoms with Crippen LogP contribution in [0.25, 0.3) is 5.69 Å². The maximum absolute atomic E-state index is 14.5. The van der Waals surface area contributed by atoms with E-state index in [1.165, 1.54) is 30.4 Å². The molecule has 0 aliphatic heterocycles. The van der Waals surface area contributed by atoms with Crippen molar-refractivity contribution in [1.29, 1.82) is 0 Å². The molecule has 0 N–H and O–H groups in total. The Bertz CT molecular complexity index is 547. The van der Waals surface area contributed by atoms with Gasteiger partial charge in [0.2, 0.25) is 5.95 Å². The first-order chi connectivity index (χ1) is 9.27. The second kappa shape index (κ2) is 5.45. The van der Waals surface area contributed by atoms with Gasteiger partial charge in [0.05, 0.1) is 11.9 Å². The lowest BCUT2D eigenvalue weighted by Crippen LogP contribution is -2.06. The summed E-state index contributed by atoms with van der Waals surface area (Å²) in [6, 6.07) is 9.41. The van der Waals surface area contributed by atoms with Crippen LogP contribution in [0.1, 0.15) is 36.1 Å². The molecule has 1 atom stereocenters. The Balaban J connectivity index is 1.90. The topological polar surface area (TPSA) is 17.8 Å². The van der Waals surface area contributed by atoms with E-state index in [2.05, 4.69) is 21.0 Å². The summed E-state index contributed by atoms with van der Waals surface area (Å²) in [4.78, 5) is 0.0764. The summed E-state index contributed by atoms with van der Waals surface area (Å²) in [5, 5.41) is 4.19. The van der Waals surface area contributed by atoms with Gasteiger partial charge < -0.3 is 0 Å². The van der Waals surface area contributed by atoms with Crippen LogP contribution < -0.4 is 0 Å². The van der Waals surface area contributed by atoms with E-state index >= 15 is 0 Å². The smallest absolute Gasteiger partial charge is 0.206 e. The molecule has 1 aliphatic carbocycles. The van der Waals surface area contributed by atoms with Crippen molar-refractivity contribution in [2.75, 3.05) is 0 Å². The zero-order chi connectivity index (χ0) is 13.2. The second-order valence-electron chi connectivity index (χ2n) is 5.08. The van der Waals surface area contributed by atoms with Crippen LogP contribution >= 0.6 is 15.9 Å². The molecule has 1 heterocycles. The van der Waals surface area contributed by atoms with Gasteiger partial charge in [0.15, 0.2) is 0 Å². The highest BCUT2D eigenvalue weighted by Crippen LogP contribution is 2.42. The minimum atomic E-state index is -0.250. The van der Waals surface area contributed by atoms with Crippen molar-refractivity contribution >= 4 is 15.9 Å². The van der Waals surface area contributed by atoms with Crippen LogP contribution in [0.2, 0.25) is 0 Å². The van der Waals surface area contributed by atoms with Crippen molar-refractivity contribution in [3.05, 3.63) is 48.0 Å². The lowest BCUT2D eigenvalue weighted by Gasteiger charge is -2.15. The van der Waals surface area contributed by atoms with Crippen LogP contribution in [-0.2, 0) is 0 Å². The molecule has 0 bridgehead atoms. The van der Waals surface area contributed by atoms with E-state index < -0.39 is 0 Å². The standard InChI is InChI=1S/C15H16BrFN2/c16-14(11-6-4-5-7-11)13-10-18-19(15(13)17)12-8-2-1-3-9-12/h1-3,8-11,14H,4-7H2. The first kappa shape index (κ1) is 12.9. The van der Waals surface area contributed by atoms with Gasteiger partial charge in [0.1, 0.15) is 0 Å². The molecule has 1 aliphatic rings. The highest BCUT2D eigenvalue weighted by Gasteiger charge is 2.28. The Kier molecular flexibility index (Phi) is 3.69. The molecule has 1 aromatic carbocycles. The van der Waals surface area contributed by atoms with Crippen molar-refractivity contribution in [2.45, 2.75) is 30.5 Å². The maximum Gasteiger partial charge on any atom is 0.220 e. The molecule has 3 rings (SSSR count). The van der Waals surface area contributed by atoms with Crippen LogP contribution in [-0.4, -0.2) is 9.78 Å². The number of alkyl halides is 1. The molecule has 0 radical (unpaired) electrons. The van der Waals surface area contributed by atoms with Gasteiger partial charge in [-0.2, -0.15) is 9.49 Å². The average Bonchev–Trinajstić information content (AvgIpc) is 3.08. The minimum absolute atomic E-state index is 0.0764. The molecular weight excluding hydrogens is 307 g/mol. The fourth-order valence-corrected chi connectivity index (χ4v) is 3.62. The van der Waals surface area contributed by atoms with Crippen molar-refractivity contribution in [3.63, 3.8) is 0 Å². The summed E-state index contributed by atoms with van der Waals surface area (Å²) < 4.78 is 15.9. The van der Waals surface area contributed by atoms with Crippen LogP contribution in [0.5, 0.6) is 0 Å². The third kappa shape index (κ3) is 2.46. The summed E-state index contributed by atoms with van der Waals surface area (Å²) in [6.07, 6.45) is 6.50. The maximum atomic E-state index is 14.5. The summed E-state index contributed by atoms with van der Waals surface area (Å²) in [6.45, 7) is 0. The molecule has 1 fully saturated rings. The van der Waals surface area contributed by atoms with Gasteiger partial charge in [0.25, 0.3) is 0 Å². The van der Waals surface area contributed by atoms with Crippen molar-refractivity contribution in [2.24, 2.45) is 5.92 Å². The van der Waals surface area contributed by atoms with Gasteiger partial charge in [-0.1, -0.05) is 47.0 Å². The van der Waals surface area contributed by atoms with E-state index in [0.717, 1.165) is 5.69 Å². The normalized spacial score (nSPS) is 17.8. The number of para-hydroxylation sites is 1. The van der Waals surface area contributed by atoms with Gasteiger partial charge in [0, 0.05) is 10.4 Å². The zero-order valence-electron chi connectivity index (χ0n) is 10.6. The van der Waals surface area contributed by atoms with Gasteiger partial charge in [-0.15, -0.1) is 0 Å². The largest absolute Gasteiger partial charge is 0.220 e. The third-order valence-electron chi connectivity index (χ3n) is 3.85. The molecule has 2 nitrogen and oxygen atoms in total. The highest BCUT2D eigenvalue weighted by molar-refractivity contribution is 9.09. The van der Waals surface area contributed by atoms with E-state index in [1.807, 2.05) is 30.3 Å². The highest BCUT2D eigenvalue weighted by atomic mass is 79.9. The number of nitrogens with zero attached hydrogens (tertiary/aromatic N) is 2. The molecule has 4 heteroatoms. The fraction of sp³-hybridized carbons (Fsp3) is 0.400. The number of hydrogen-bond donors (Lipinski definition) is 0. The molecule has 0 spiro atoms. The van der Waals surface area contributed by atoms with E-state index in [4.69, 9.17) is 0 Å². The van der Waals surface area contributed by atoms with E-state index in [9.17, 15) is 4.39 Å². The van der Waals surface area contributed by atoms with E-state index in [-0.39, 0.29) is 10.8 Å². The van der Waals surface area contributed by atoms with Gasteiger partial charge >= 0.3 is 0 Å². The van der Waals surface area contributed by atoms with Crippen LogP contribution in [0.15, 0.2) is 36.5 Å². The van der Waals surface area contributed by atoms with Gasteiger partial charge in [-0.05, 0) is 30.9 Å². The number of rotatable bonds is 3. The Morgan fingerprint density at radius 3 is 2.58 bits per heavy atom. The predicted molar refractivity (Wildman–Crippen MR) is 77.1 cm³/mol. The molecule has 2 aromatic rings. The van der Waals surface area contributed by atoms with Crippen LogP contribution in [0, 0.1) is 11.9 Å². The number of aromatic nitrogens is 2. The molecular formula is C15H16BrFN2. The number of hydrogen-bond acceptors (Lipinski definition) is 1. The van der Waals surface area contributed by atoms with Crippen LogP contribution in [0.4, 0.5) is 4.39 Å². The summed E-state index contributed by atoms with van der Waals surface area (Å²) in [7, 11) is 0. The molecule has 0 saturated heterocycles. The predicted octanol–water partition coefficient (Wildman–Crippen LogP) is 4.64. The van der Waals surface area contributed by atoms with Crippen molar-refractivity contribution in [1.82, 2.24) is 9.78 Å². The molecule has 1 saturated carbocycles. The average molecular weight is 323 g/mol. The Labute approximate surface area is 120 Å². The summed E-state index contributed by atoms with van der Waals surface area (Å²) in [5.41, 5.74) is 1.44. The number of halogens is 2. The Morgan fingerprint density at radius 2 is 1.89 bits per heavy atom. The SMILES string of the molecule is Fc1c(C(Br)C2CCCC2)cnn1-c1ccccc1. The van der Waals surface area contributed by atoms with E-state index in [1.54, 1.807) is 6.20 Å². The van der Waals surface area contributed by atoms with Crippen molar-refractivity contribution in [3.8, 4) is 5.69 Å². The second-order valence-corrected chi connectivity index (χ2v) is 6.07. The fourth-order valence-electron chi connectivity index (χ4n) is 2.78. The van der Waals surface area contributed by atoms with E-state index in [0.29, 0.717) is 11.5 Å². The number of benzene rings is 1. The Morgan fingerprint density at radius 1 is 1.21 bits per heavy atom. The first-order valence-electron chi connectivity index (χ1n) is 6.70. The molecule has 100 valence electrons. The molecule has 1 aromatic heterocycles. The summed E-state index contributed by atoms with van der Waals surface area (Å²) in [5.74, 6) is 0.280. The zero-order valence-corrected chi connectivity index (χ0v) is 12.2. The van der Waals surface area contributed by atoms with Gasteiger partial charge in [-0.25, -0.2) is 4.68 Å². The Hall–Kier alpha value is -1.16. The third-order valence-corrected chi connectivity index (χ3v) is 5.09. The van der Waals surface area contributed by atoms with Crippen LogP contribution in [0.3, 0.4) is 0 Å². The molecule has 1 unspecified atom stereocenters. The molecule has 19 heavy (non-hydrogen) atoms. The summed E-state index contributed by atoms with van der Waals surface area (Å²) >= 11 is 3.66. The van der Waals surface area contributed by atoms with Crippen molar-refractivity contribution < 1.29 is 4.39 Å². The lowest BCUT2D eigenvalue weighted by atomic mass is 10.00. The molecule has 0 amide bonds.